The number of benzene rings is 1. The minimum atomic E-state index is -4.03. The highest BCUT2D eigenvalue weighted by atomic mass is 79.9. The molecule has 2 N–H and O–H groups in total. The molecule has 0 saturated heterocycles. The van der Waals surface area contributed by atoms with E-state index in [0.29, 0.717) is 4.47 Å². The van der Waals surface area contributed by atoms with Gasteiger partial charge in [0.2, 0.25) is 0 Å². The van der Waals surface area contributed by atoms with Gasteiger partial charge >= 0.3 is 0 Å². The maximum Gasteiger partial charge on any atom is 0.267 e. The van der Waals surface area contributed by atoms with Crippen molar-refractivity contribution >= 4 is 37.3 Å². The van der Waals surface area contributed by atoms with Crippen molar-refractivity contribution in [2.45, 2.75) is 4.90 Å². The molecule has 0 aliphatic carbocycles. The molecule has 1 aromatic heterocycles. The Bertz CT molecular complexity index is 752. The van der Waals surface area contributed by atoms with Crippen LogP contribution < -0.4 is 10.0 Å². The fourth-order valence-electron chi connectivity index (χ4n) is 1.65. The lowest BCUT2D eigenvalue weighted by atomic mass is 10.3. The van der Waals surface area contributed by atoms with Gasteiger partial charge in [-0.05, 0) is 24.3 Å². The number of nitrogens with zero attached hydrogens (tertiary/aromatic N) is 2. The molecular weight excluding hydrogens is 349 g/mol. The van der Waals surface area contributed by atoms with Crippen LogP contribution in [0.4, 0.5) is 15.8 Å². The molecule has 5 nitrogen and oxygen atoms in total. The van der Waals surface area contributed by atoms with Crippen molar-refractivity contribution in [3.05, 3.63) is 46.9 Å². The third-order valence-corrected chi connectivity index (χ3v) is 5.00. The van der Waals surface area contributed by atoms with E-state index < -0.39 is 20.7 Å². The van der Waals surface area contributed by atoms with E-state index in [0.717, 1.165) is 10.4 Å². The summed E-state index contributed by atoms with van der Waals surface area (Å²) in [5.41, 5.74) is 6.12. The Morgan fingerprint density at radius 1 is 1.35 bits per heavy atom. The molecule has 106 valence electrons. The first kappa shape index (κ1) is 14.7. The average molecular weight is 360 g/mol. The Morgan fingerprint density at radius 3 is 2.65 bits per heavy atom. The summed E-state index contributed by atoms with van der Waals surface area (Å²) < 4.78 is 40.1. The van der Waals surface area contributed by atoms with Crippen LogP contribution in [0.15, 0.2) is 46.0 Å². The quantitative estimate of drug-likeness (QED) is 0.912. The van der Waals surface area contributed by atoms with Crippen molar-refractivity contribution in [3.8, 4) is 0 Å². The predicted octanol–water partition coefficient (Wildman–Crippen LogP) is 2.39. The van der Waals surface area contributed by atoms with Crippen LogP contribution in [-0.4, -0.2) is 20.4 Å². The second kappa shape index (κ2) is 5.37. The van der Waals surface area contributed by atoms with Crippen molar-refractivity contribution in [1.82, 2.24) is 4.98 Å². The van der Waals surface area contributed by atoms with Gasteiger partial charge < -0.3 is 5.73 Å². The van der Waals surface area contributed by atoms with Crippen molar-refractivity contribution in [2.75, 3.05) is 17.1 Å². The number of pyridine rings is 1. The molecule has 0 atom stereocenters. The van der Waals surface area contributed by atoms with Gasteiger partial charge in [-0.15, -0.1) is 0 Å². The highest BCUT2D eigenvalue weighted by Crippen LogP contribution is 2.28. The molecule has 2 rings (SSSR count). The van der Waals surface area contributed by atoms with Crippen molar-refractivity contribution < 1.29 is 12.8 Å². The molecule has 0 bridgehead atoms. The summed E-state index contributed by atoms with van der Waals surface area (Å²) in [6.45, 7) is 0. The van der Waals surface area contributed by atoms with Crippen LogP contribution in [0.3, 0.4) is 0 Å². The molecule has 0 fully saturated rings. The van der Waals surface area contributed by atoms with E-state index in [2.05, 4.69) is 20.9 Å². The SMILES string of the molecule is CN(c1ccncc1N)S(=O)(=O)c1ccc(Br)cc1F. The number of sulfonamides is 1. The number of nitrogen functional groups attached to an aromatic ring is 1. The van der Waals surface area contributed by atoms with E-state index in [-0.39, 0.29) is 11.4 Å². The van der Waals surface area contributed by atoms with Crippen LogP contribution in [0.2, 0.25) is 0 Å². The van der Waals surface area contributed by atoms with Crippen LogP contribution >= 0.6 is 15.9 Å². The zero-order valence-corrected chi connectivity index (χ0v) is 12.8. The van der Waals surface area contributed by atoms with Gasteiger partial charge in [0.05, 0.1) is 17.6 Å². The highest BCUT2D eigenvalue weighted by Gasteiger charge is 2.26. The smallest absolute Gasteiger partial charge is 0.267 e. The lowest BCUT2D eigenvalue weighted by Crippen LogP contribution is -2.28. The lowest BCUT2D eigenvalue weighted by Gasteiger charge is -2.21. The average Bonchev–Trinajstić information content (AvgIpc) is 2.38. The molecule has 0 aliphatic rings. The number of aromatic nitrogens is 1. The van der Waals surface area contributed by atoms with E-state index >= 15 is 0 Å². The van der Waals surface area contributed by atoms with E-state index in [1.54, 1.807) is 0 Å². The Balaban J connectivity index is 2.53. The largest absolute Gasteiger partial charge is 0.396 e. The Morgan fingerprint density at radius 2 is 2.05 bits per heavy atom. The summed E-state index contributed by atoms with van der Waals surface area (Å²) in [5.74, 6) is -0.834. The number of hydrogen-bond donors (Lipinski definition) is 1. The van der Waals surface area contributed by atoms with E-state index in [1.807, 2.05) is 0 Å². The summed E-state index contributed by atoms with van der Waals surface area (Å²) in [6, 6.07) is 5.20. The molecule has 0 saturated carbocycles. The Labute approximate surface area is 124 Å². The summed E-state index contributed by atoms with van der Waals surface area (Å²) in [7, 11) is -2.72. The Hall–Kier alpha value is -1.67. The molecule has 0 amide bonds. The van der Waals surface area contributed by atoms with Crippen LogP contribution in [-0.2, 0) is 10.0 Å². The molecule has 1 heterocycles. The fraction of sp³-hybridized carbons (Fsp3) is 0.0833. The van der Waals surface area contributed by atoms with Crippen LogP contribution in [0.25, 0.3) is 0 Å². The van der Waals surface area contributed by atoms with Crippen molar-refractivity contribution in [1.29, 1.82) is 0 Å². The zero-order valence-electron chi connectivity index (χ0n) is 10.4. The molecule has 1 aromatic carbocycles. The minimum Gasteiger partial charge on any atom is -0.396 e. The van der Waals surface area contributed by atoms with Gasteiger partial charge in [0.1, 0.15) is 10.7 Å². The van der Waals surface area contributed by atoms with Crippen molar-refractivity contribution in [3.63, 3.8) is 0 Å². The molecule has 0 radical (unpaired) electrons. The van der Waals surface area contributed by atoms with Crippen LogP contribution in [0.5, 0.6) is 0 Å². The monoisotopic (exact) mass is 359 g/mol. The molecular formula is C12H11BrFN3O2S. The van der Waals surface area contributed by atoms with Crippen LogP contribution in [0.1, 0.15) is 0 Å². The molecule has 2 aromatic rings. The first-order valence-corrected chi connectivity index (χ1v) is 7.71. The van der Waals surface area contributed by atoms with Gasteiger partial charge in [-0.1, -0.05) is 15.9 Å². The van der Waals surface area contributed by atoms with Gasteiger partial charge in [-0.3, -0.25) is 9.29 Å². The number of hydrogen-bond acceptors (Lipinski definition) is 4. The third kappa shape index (κ3) is 2.61. The summed E-state index contributed by atoms with van der Waals surface area (Å²) in [5, 5.41) is 0. The number of rotatable bonds is 3. The predicted molar refractivity (Wildman–Crippen MR) is 78.3 cm³/mol. The molecule has 0 spiro atoms. The molecule has 0 aliphatic heterocycles. The van der Waals surface area contributed by atoms with E-state index in [9.17, 15) is 12.8 Å². The molecule has 8 heteroatoms. The van der Waals surface area contributed by atoms with Crippen molar-refractivity contribution in [2.24, 2.45) is 0 Å². The fourth-order valence-corrected chi connectivity index (χ4v) is 3.25. The first-order valence-electron chi connectivity index (χ1n) is 5.47. The number of halogens is 2. The number of nitrogens with two attached hydrogens (primary N) is 1. The second-order valence-corrected chi connectivity index (χ2v) is 6.84. The van der Waals surface area contributed by atoms with E-state index in [4.69, 9.17) is 5.73 Å². The van der Waals surface area contributed by atoms with Gasteiger partial charge in [-0.2, -0.15) is 0 Å². The Kier molecular flexibility index (Phi) is 3.96. The van der Waals surface area contributed by atoms with Gasteiger partial charge in [0.25, 0.3) is 10.0 Å². The number of anilines is 2. The first-order chi connectivity index (χ1) is 9.34. The maximum atomic E-state index is 13.8. The van der Waals surface area contributed by atoms with E-state index in [1.165, 1.54) is 37.6 Å². The summed E-state index contributed by atoms with van der Waals surface area (Å²) in [6.07, 6.45) is 2.74. The summed E-state index contributed by atoms with van der Waals surface area (Å²) >= 11 is 3.08. The molecule has 20 heavy (non-hydrogen) atoms. The molecule has 0 unspecified atom stereocenters. The highest BCUT2D eigenvalue weighted by molar-refractivity contribution is 9.10. The normalized spacial score (nSPS) is 11.3. The third-order valence-electron chi connectivity index (χ3n) is 2.70. The maximum absolute atomic E-state index is 13.8. The zero-order chi connectivity index (χ0) is 14.9. The lowest BCUT2D eigenvalue weighted by molar-refractivity contribution is 0.565. The topological polar surface area (TPSA) is 76.3 Å². The van der Waals surface area contributed by atoms with Gasteiger partial charge in [0, 0.05) is 17.7 Å². The van der Waals surface area contributed by atoms with Crippen LogP contribution in [0, 0.1) is 5.82 Å². The van der Waals surface area contributed by atoms with Gasteiger partial charge in [-0.25, -0.2) is 12.8 Å². The second-order valence-electron chi connectivity index (χ2n) is 3.98. The summed E-state index contributed by atoms with van der Waals surface area (Å²) in [4.78, 5) is 3.37. The standard InChI is InChI=1S/C12H11BrFN3O2S/c1-17(11-4-5-16-7-10(11)15)20(18,19)12-3-2-8(13)6-9(12)14/h2-7H,15H2,1H3. The van der Waals surface area contributed by atoms with Gasteiger partial charge in [0.15, 0.2) is 0 Å². The minimum absolute atomic E-state index is 0.191.